The van der Waals surface area contributed by atoms with E-state index in [0.29, 0.717) is 5.56 Å². The molecule has 3 N–H and O–H groups in total. The van der Waals surface area contributed by atoms with Crippen molar-refractivity contribution < 1.29 is 13.9 Å². The van der Waals surface area contributed by atoms with Gasteiger partial charge in [0.1, 0.15) is 5.69 Å². The molecule has 112 valence electrons. The summed E-state index contributed by atoms with van der Waals surface area (Å²) in [6.45, 7) is 0. The quantitative estimate of drug-likeness (QED) is 0.708. The third-order valence-electron chi connectivity index (χ3n) is 3.20. The van der Waals surface area contributed by atoms with Crippen molar-refractivity contribution in [2.45, 2.75) is 0 Å². The van der Waals surface area contributed by atoms with Crippen LogP contribution in [0.3, 0.4) is 0 Å². The first-order valence-corrected chi connectivity index (χ1v) is 6.57. The minimum atomic E-state index is -0.791. The first-order valence-electron chi connectivity index (χ1n) is 6.19. The second kappa shape index (κ2) is 5.27. The molecule has 0 fully saturated rings. The van der Waals surface area contributed by atoms with E-state index in [-0.39, 0.29) is 22.1 Å². The summed E-state index contributed by atoms with van der Waals surface area (Å²) in [5.41, 5.74) is 6.21. The monoisotopic (exact) mass is 320 g/mol. The molecular formula is C14H10ClFN4O2. The smallest absolute Gasteiger partial charge is 0.358 e. The number of rotatable bonds is 2. The maximum Gasteiger partial charge on any atom is 0.358 e. The number of hydrogen-bond acceptors (Lipinski definition) is 5. The molecule has 0 spiro atoms. The van der Waals surface area contributed by atoms with Crippen LogP contribution in [-0.2, 0) is 4.74 Å². The molecule has 0 unspecified atom stereocenters. The Morgan fingerprint density at radius 2 is 2.23 bits per heavy atom. The highest BCUT2D eigenvalue weighted by molar-refractivity contribution is 6.35. The lowest BCUT2D eigenvalue weighted by Crippen LogP contribution is -2.10. The zero-order valence-corrected chi connectivity index (χ0v) is 12.1. The van der Waals surface area contributed by atoms with E-state index >= 15 is 0 Å². The highest BCUT2D eigenvalue weighted by Gasteiger charge is 2.22. The standard InChI is InChI=1S/C14H10ClFN4O2/c1-22-14(21)13-9(15)11(17)10(16)12(19-13)6-2-3-8-7(4-6)5-18-20-8/h2-5H,1H3,(H2,17,19)(H,18,20). The lowest BCUT2D eigenvalue weighted by Gasteiger charge is -2.10. The predicted molar refractivity (Wildman–Crippen MR) is 80.0 cm³/mol. The van der Waals surface area contributed by atoms with Crippen LogP contribution in [0.2, 0.25) is 5.02 Å². The fraction of sp³-hybridized carbons (Fsp3) is 0.0714. The van der Waals surface area contributed by atoms with E-state index in [1.54, 1.807) is 24.4 Å². The number of pyridine rings is 1. The molecule has 0 radical (unpaired) electrons. The molecule has 0 aliphatic heterocycles. The van der Waals surface area contributed by atoms with E-state index < -0.39 is 11.8 Å². The van der Waals surface area contributed by atoms with Gasteiger partial charge in [-0.3, -0.25) is 5.10 Å². The lowest BCUT2D eigenvalue weighted by molar-refractivity contribution is 0.0594. The van der Waals surface area contributed by atoms with Gasteiger partial charge in [-0.25, -0.2) is 14.2 Å². The fourth-order valence-electron chi connectivity index (χ4n) is 2.07. The summed E-state index contributed by atoms with van der Waals surface area (Å²) in [7, 11) is 1.18. The minimum absolute atomic E-state index is 0.0783. The molecule has 0 aliphatic carbocycles. The highest BCUT2D eigenvalue weighted by Crippen LogP contribution is 2.33. The molecule has 0 atom stereocenters. The van der Waals surface area contributed by atoms with E-state index in [1.807, 2.05) is 0 Å². The number of aromatic amines is 1. The average Bonchev–Trinajstić information content (AvgIpc) is 2.99. The van der Waals surface area contributed by atoms with Crippen LogP contribution >= 0.6 is 11.6 Å². The summed E-state index contributed by atoms with van der Waals surface area (Å²) in [5, 5.41) is 7.18. The van der Waals surface area contributed by atoms with Crippen molar-refractivity contribution in [3.8, 4) is 11.3 Å². The van der Waals surface area contributed by atoms with Gasteiger partial charge in [-0.1, -0.05) is 17.7 Å². The highest BCUT2D eigenvalue weighted by atomic mass is 35.5. The van der Waals surface area contributed by atoms with Crippen LogP contribution < -0.4 is 5.73 Å². The number of benzene rings is 1. The summed E-state index contributed by atoms with van der Waals surface area (Å²) in [6.07, 6.45) is 1.59. The predicted octanol–water partition coefficient (Wildman–Crippen LogP) is 2.79. The number of aromatic nitrogens is 3. The summed E-state index contributed by atoms with van der Waals surface area (Å²) in [6, 6.07) is 5.04. The zero-order chi connectivity index (χ0) is 15.9. The van der Waals surface area contributed by atoms with Gasteiger partial charge in [0.25, 0.3) is 0 Å². The molecule has 8 heteroatoms. The average molecular weight is 321 g/mol. The second-order valence-corrected chi connectivity index (χ2v) is 4.89. The van der Waals surface area contributed by atoms with Crippen molar-refractivity contribution >= 4 is 34.2 Å². The van der Waals surface area contributed by atoms with Crippen LogP contribution in [0, 0.1) is 5.82 Å². The molecule has 0 saturated heterocycles. The summed E-state index contributed by atoms with van der Waals surface area (Å²) < 4.78 is 19.0. The van der Waals surface area contributed by atoms with Crippen LogP contribution in [0.25, 0.3) is 22.2 Å². The molecule has 1 aromatic carbocycles. The Hall–Kier alpha value is -2.67. The number of ether oxygens (including phenoxy) is 1. The first kappa shape index (κ1) is 14.3. The zero-order valence-electron chi connectivity index (χ0n) is 11.4. The number of nitrogens with zero attached hydrogens (tertiary/aromatic N) is 2. The Morgan fingerprint density at radius 1 is 1.45 bits per heavy atom. The molecule has 2 heterocycles. The summed E-state index contributed by atoms with van der Waals surface area (Å²) in [5.74, 6) is -1.58. The number of carbonyl (C=O) groups excluding carboxylic acids is 1. The van der Waals surface area contributed by atoms with Gasteiger partial charge in [-0.05, 0) is 12.1 Å². The number of anilines is 1. The van der Waals surface area contributed by atoms with Gasteiger partial charge < -0.3 is 10.5 Å². The number of esters is 1. The largest absolute Gasteiger partial charge is 0.464 e. The van der Waals surface area contributed by atoms with Gasteiger partial charge >= 0.3 is 5.97 Å². The van der Waals surface area contributed by atoms with Gasteiger partial charge in [0, 0.05) is 10.9 Å². The van der Waals surface area contributed by atoms with Crippen molar-refractivity contribution in [3.63, 3.8) is 0 Å². The number of methoxy groups -OCH3 is 1. The third kappa shape index (κ3) is 2.15. The summed E-state index contributed by atoms with van der Waals surface area (Å²) in [4.78, 5) is 15.7. The molecule has 22 heavy (non-hydrogen) atoms. The van der Waals surface area contributed by atoms with E-state index in [4.69, 9.17) is 17.3 Å². The first-order chi connectivity index (χ1) is 10.5. The van der Waals surface area contributed by atoms with Crippen molar-refractivity contribution in [1.82, 2.24) is 15.2 Å². The Morgan fingerprint density at radius 3 is 2.95 bits per heavy atom. The number of carbonyl (C=O) groups is 1. The molecule has 2 aromatic heterocycles. The molecule has 6 nitrogen and oxygen atoms in total. The molecule has 3 rings (SSSR count). The number of nitrogens with two attached hydrogens (primary N) is 1. The van der Waals surface area contributed by atoms with E-state index in [1.165, 1.54) is 7.11 Å². The summed E-state index contributed by atoms with van der Waals surface area (Å²) >= 11 is 5.87. The van der Waals surface area contributed by atoms with Crippen LogP contribution in [0.15, 0.2) is 24.4 Å². The normalized spacial score (nSPS) is 10.9. The number of halogens is 2. The molecule has 3 aromatic rings. The van der Waals surface area contributed by atoms with Crippen LogP contribution in [-0.4, -0.2) is 28.3 Å². The maximum absolute atomic E-state index is 14.4. The van der Waals surface area contributed by atoms with Gasteiger partial charge in [0.05, 0.1) is 29.5 Å². The maximum atomic E-state index is 14.4. The van der Waals surface area contributed by atoms with Crippen molar-refractivity contribution in [1.29, 1.82) is 0 Å². The van der Waals surface area contributed by atoms with Crippen molar-refractivity contribution in [3.05, 3.63) is 40.9 Å². The molecule has 0 saturated carbocycles. The van der Waals surface area contributed by atoms with Crippen molar-refractivity contribution in [2.75, 3.05) is 12.8 Å². The number of hydrogen-bond donors (Lipinski definition) is 2. The Kier molecular flexibility index (Phi) is 3.42. The number of H-pyrrole nitrogens is 1. The fourth-order valence-corrected chi connectivity index (χ4v) is 2.28. The van der Waals surface area contributed by atoms with Gasteiger partial charge in [-0.2, -0.15) is 5.10 Å². The topological polar surface area (TPSA) is 93.9 Å². The number of nitrogen functional groups attached to an aromatic ring is 1. The van der Waals surface area contributed by atoms with Crippen molar-refractivity contribution in [2.24, 2.45) is 0 Å². The Balaban J connectivity index is 2.25. The van der Waals surface area contributed by atoms with E-state index in [0.717, 1.165) is 10.9 Å². The van der Waals surface area contributed by atoms with E-state index in [2.05, 4.69) is 19.9 Å². The number of nitrogens with one attached hydrogen (secondary N) is 1. The third-order valence-corrected chi connectivity index (χ3v) is 3.59. The SMILES string of the molecule is COC(=O)c1nc(-c2ccc3[nH]ncc3c2)c(F)c(N)c1Cl. The minimum Gasteiger partial charge on any atom is -0.464 e. The second-order valence-electron chi connectivity index (χ2n) is 4.51. The van der Waals surface area contributed by atoms with Crippen LogP contribution in [0.1, 0.15) is 10.5 Å². The number of fused-ring (bicyclic) bond motifs is 1. The molecular weight excluding hydrogens is 311 g/mol. The molecule has 0 bridgehead atoms. The Labute approximate surface area is 129 Å². The van der Waals surface area contributed by atoms with Gasteiger partial charge in [-0.15, -0.1) is 0 Å². The van der Waals surface area contributed by atoms with E-state index in [9.17, 15) is 9.18 Å². The molecule has 0 aliphatic rings. The van der Waals surface area contributed by atoms with Crippen LogP contribution in [0.5, 0.6) is 0 Å². The van der Waals surface area contributed by atoms with Gasteiger partial charge in [0.15, 0.2) is 11.5 Å². The van der Waals surface area contributed by atoms with Crippen LogP contribution in [0.4, 0.5) is 10.1 Å². The lowest BCUT2D eigenvalue weighted by atomic mass is 10.1. The van der Waals surface area contributed by atoms with Gasteiger partial charge in [0.2, 0.25) is 0 Å². The molecule has 0 amide bonds. The Bertz CT molecular complexity index is 894.